The smallest absolute Gasteiger partial charge is 0.310 e. The van der Waals surface area contributed by atoms with Gasteiger partial charge in [-0.25, -0.2) is 0 Å². The number of anilines is 1. The summed E-state index contributed by atoms with van der Waals surface area (Å²) in [4.78, 5) is 18.2. The summed E-state index contributed by atoms with van der Waals surface area (Å²) in [7, 11) is 4.81. The van der Waals surface area contributed by atoms with E-state index in [4.69, 9.17) is 30.6 Å². The number of fused-ring (bicyclic) bond motifs is 3. The van der Waals surface area contributed by atoms with Crippen molar-refractivity contribution < 1.29 is 23.8 Å². The van der Waals surface area contributed by atoms with Crippen molar-refractivity contribution in [2.75, 3.05) is 33.4 Å². The first-order valence-electron chi connectivity index (χ1n) is 11.2. The van der Waals surface area contributed by atoms with E-state index in [0.29, 0.717) is 29.7 Å². The third-order valence-corrected chi connectivity index (χ3v) is 6.17. The average Bonchev–Trinajstić information content (AvgIpc) is 3.15. The molecule has 8 heteroatoms. The molecule has 0 spiro atoms. The van der Waals surface area contributed by atoms with Gasteiger partial charge >= 0.3 is 5.97 Å². The highest BCUT2D eigenvalue weighted by Gasteiger charge is 2.31. The van der Waals surface area contributed by atoms with Crippen LogP contribution in [-0.2, 0) is 33.8 Å². The predicted octanol–water partition coefficient (Wildman–Crippen LogP) is 5.52. The van der Waals surface area contributed by atoms with E-state index in [1.807, 2.05) is 43.3 Å². The molecule has 3 aromatic rings. The van der Waals surface area contributed by atoms with Gasteiger partial charge in [0.05, 0.1) is 40.1 Å². The third kappa shape index (κ3) is 4.45. The lowest BCUT2D eigenvalue weighted by atomic mass is 9.92. The summed E-state index contributed by atoms with van der Waals surface area (Å²) in [5.41, 5.74) is 8.66. The Bertz CT molecular complexity index is 1200. The lowest BCUT2D eigenvalue weighted by Crippen LogP contribution is -2.15. The minimum atomic E-state index is -0.282. The number of rotatable bonds is 9. The summed E-state index contributed by atoms with van der Waals surface area (Å²) < 4.78 is 18.7. The molecule has 0 radical (unpaired) electrons. The number of aromatic nitrogens is 1. The number of nitrogens with zero attached hydrogens (tertiary/aromatic N) is 1. The number of carbonyl (C=O) groups is 1. The van der Waals surface area contributed by atoms with E-state index < -0.39 is 0 Å². The first-order chi connectivity index (χ1) is 16.5. The van der Waals surface area contributed by atoms with E-state index >= 15 is 0 Å². The normalized spacial score (nSPS) is 12.0. The molecule has 0 bridgehead atoms. The first-order valence-corrected chi connectivity index (χ1v) is 11.6. The third-order valence-electron chi connectivity index (χ3n) is 5.93. The Hall–Kier alpha value is -3.16. The summed E-state index contributed by atoms with van der Waals surface area (Å²) in [5, 5.41) is 0.608. The van der Waals surface area contributed by atoms with Crippen molar-refractivity contribution in [1.29, 1.82) is 0 Å². The zero-order chi connectivity index (χ0) is 24.2. The molecule has 0 aliphatic carbocycles. The van der Waals surface area contributed by atoms with Gasteiger partial charge in [0.1, 0.15) is 5.82 Å². The number of carbonyl (C=O) groups excluding carboxylic acids is 1. The monoisotopic (exact) mass is 484 g/mol. The topological polar surface area (TPSA) is 71.0 Å². The molecule has 0 atom stereocenters. The van der Waals surface area contributed by atoms with E-state index in [-0.39, 0.29) is 12.4 Å². The number of esters is 1. The molecule has 0 amide bonds. The molecule has 1 aliphatic rings. The Balaban J connectivity index is 2.00. The van der Waals surface area contributed by atoms with Crippen molar-refractivity contribution in [3.05, 3.63) is 52.5 Å². The Morgan fingerprint density at radius 1 is 1.12 bits per heavy atom. The molecule has 180 valence electrons. The summed E-state index contributed by atoms with van der Waals surface area (Å²) in [6, 6.07) is 11.6. The van der Waals surface area contributed by atoms with E-state index in [0.717, 1.165) is 52.2 Å². The second-order valence-electron chi connectivity index (χ2n) is 8.03. The molecule has 1 aliphatic heterocycles. The van der Waals surface area contributed by atoms with Gasteiger partial charge in [-0.3, -0.25) is 15.1 Å². The number of hydrogen-bond acceptors (Lipinski definition) is 6. The average molecular weight is 485 g/mol. The Morgan fingerprint density at radius 3 is 2.56 bits per heavy atom. The lowest BCUT2D eigenvalue weighted by Gasteiger charge is -2.24. The minimum Gasteiger partial charge on any atom is -0.493 e. The van der Waals surface area contributed by atoms with Crippen LogP contribution in [0.15, 0.2) is 36.4 Å². The number of benzene rings is 2. The molecule has 2 aromatic carbocycles. The maximum Gasteiger partial charge on any atom is 0.310 e. The van der Waals surface area contributed by atoms with Crippen LogP contribution >= 0.6 is 11.6 Å². The highest BCUT2D eigenvalue weighted by atomic mass is 35.5. The summed E-state index contributed by atoms with van der Waals surface area (Å²) in [6.45, 7) is 3.05. The highest BCUT2D eigenvalue weighted by Crippen LogP contribution is 2.47. The highest BCUT2D eigenvalue weighted by molar-refractivity contribution is 6.30. The zero-order valence-electron chi connectivity index (χ0n) is 19.9. The fraction of sp³-hybridized carbons (Fsp3) is 0.346. The van der Waals surface area contributed by atoms with Crippen LogP contribution in [0.1, 0.15) is 24.5 Å². The number of aryl methyl sites for hydroxylation is 1. The van der Waals surface area contributed by atoms with Gasteiger partial charge in [-0.1, -0.05) is 30.7 Å². The Kier molecular flexibility index (Phi) is 7.34. The van der Waals surface area contributed by atoms with E-state index in [1.54, 1.807) is 21.3 Å². The van der Waals surface area contributed by atoms with Gasteiger partial charge in [0, 0.05) is 22.7 Å². The maximum absolute atomic E-state index is 12.9. The molecule has 0 saturated carbocycles. The standard InChI is InChI=1S/C26H29ClN2O5/c1-5-11-34-23(30)15-20-24(17-7-6-8-18(27)12-17)26(28-33-4)29-10-9-16-13-21(31-2)22(32-3)14-19(16)25(20)29/h6-8,12-14,28H,5,9-11,15H2,1-4H3. The Labute approximate surface area is 204 Å². The molecule has 2 heterocycles. The second kappa shape index (κ2) is 10.4. The van der Waals surface area contributed by atoms with Gasteiger partial charge in [-0.15, -0.1) is 0 Å². The van der Waals surface area contributed by atoms with Gasteiger partial charge in [0.15, 0.2) is 11.5 Å². The van der Waals surface area contributed by atoms with Crippen LogP contribution in [0.25, 0.3) is 22.4 Å². The minimum absolute atomic E-state index is 0.107. The van der Waals surface area contributed by atoms with Crippen molar-refractivity contribution in [1.82, 2.24) is 4.57 Å². The van der Waals surface area contributed by atoms with Gasteiger partial charge in [0.25, 0.3) is 0 Å². The SMILES string of the molecule is CCCOC(=O)Cc1c(-c2cccc(Cl)c2)c(NOC)n2c1-c1cc(OC)c(OC)cc1CC2. The molecule has 1 N–H and O–H groups in total. The van der Waals surface area contributed by atoms with Gasteiger partial charge in [-0.2, -0.15) is 0 Å². The van der Waals surface area contributed by atoms with Crippen molar-refractivity contribution in [3.63, 3.8) is 0 Å². The lowest BCUT2D eigenvalue weighted by molar-refractivity contribution is -0.142. The van der Waals surface area contributed by atoms with E-state index in [1.165, 1.54) is 0 Å². The van der Waals surface area contributed by atoms with Crippen LogP contribution in [0.4, 0.5) is 5.82 Å². The van der Waals surface area contributed by atoms with Crippen LogP contribution in [0.2, 0.25) is 5.02 Å². The predicted molar refractivity (Wildman–Crippen MR) is 133 cm³/mol. The second-order valence-corrected chi connectivity index (χ2v) is 8.47. The number of ether oxygens (including phenoxy) is 3. The van der Waals surface area contributed by atoms with Crippen LogP contribution < -0.4 is 15.0 Å². The molecule has 0 saturated heterocycles. The Morgan fingerprint density at radius 2 is 1.88 bits per heavy atom. The molecular weight excluding hydrogens is 456 g/mol. The van der Waals surface area contributed by atoms with Crippen molar-refractivity contribution in [3.8, 4) is 33.9 Å². The van der Waals surface area contributed by atoms with Gasteiger partial charge in [0.2, 0.25) is 0 Å². The molecule has 34 heavy (non-hydrogen) atoms. The van der Waals surface area contributed by atoms with Gasteiger partial charge < -0.3 is 18.8 Å². The van der Waals surface area contributed by atoms with Crippen molar-refractivity contribution in [2.45, 2.75) is 32.7 Å². The fourth-order valence-electron chi connectivity index (χ4n) is 4.52. The fourth-order valence-corrected chi connectivity index (χ4v) is 4.71. The molecule has 1 aromatic heterocycles. The van der Waals surface area contributed by atoms with Crippen LogP contribution in [0.3, 0.4) is 0 Å². The van der Waals surface area contributed by atoms with Crippen molar-refractivity contribution in [2.24, 2.45) is 0 Å². The molecule has 0 unspecified atom stereocenters. The zero-order valence-corrected chi connectivity index (χ0v) is 20.6. The summed E-state index contributed by atoms with van der Waals surface area (Å²) in [6.07, 6.45) is 1.65. The van der Waals surface area contributed by atoms with E-state index in [2.05, 4.69) is 10.0 Å². The van der Waals surface area contributed by atoms with Crippen molar-refractivity contribution >= 4 is 23.4 Å². The van der Waals surface area contributed by atoms with E-state index in [9.17, 15) is 4.79 Å². The quantitative estimate of drug-likeness (QED) is 0.318. The number of halogens is 1. The summed E-state index contributed by atoms with van der Waals surface area (Å²) >= 11 is 6.35. The van der Waals surface area contributed by atoms with Gasteiger partial charge in [-0.05, 0) is 53.8 Å². The number of nitrogens with one attached hydrogen (secondary N) is 1. The molecule has 4 rings (SSSR count). The van der Waals surface area contributed by atoms with Crippen LogP contribution in [0.5, 0.6) is 11.5 Å². The molecular formula is C26H29ClN2O5. The summed E-state index contributed by atoms with van der Waals surface area (Å²) in [5.74, 6) is 1.78. The van der Waals surface area contributed by atoms with Crippen LogP contribution in [-0.4, -0.2) is 38.5 Å². The maximum atomic E-state index is 12.9. The number of hydrogen-bond donors (Lipinski definition) is 1. The largest absolute Gasteiger partial charge is 0.493 e. The molecule has 0 fully saturated rings. The van der Waals surface area contributed by atoms with Crippen LogP contribution in [0, 0.1) is 0 Å². The number of methoxy groups -OCH3 is 2. The first kappa shape index (κ1) is 24.0. The molecule has 7 nitrogen and oxygen atoms in total.